The summed E-state index contributed by atoms with van der Waals surface area (Å²) in [6.45, 7) is 3.23. The Bertz CT molecular complexity index is 685. The SMILES string of the molecule is Cc1cc(-c2ncc(C#N)c(Cl)n2)cc(C)c1C(F)F. The molecule has 0 spiro atoms. The van der Waals surface area contributed by atoms with Gasteiger partial charge < -0.3 is 0 Å². The van der Waals surface area contributed by atoms with Crippen LogP contribution in [0.25, 0.3) is 11.4 Å². The van der Waals surface area contributed by atoms with Crippen LogP contribution in [0.2, 0.25) is 5.15 Å². The van der Waals surface area contributed by atoms with Crippen molar-refractivity contribution in [3.8, 4) is 17.5 Å². The summed E-state index contributed by atoms with van der Waals surface area (Å²) in [5.74, 6) is 0.306. The number of rotatable bonds is 2. The van der Waals surface area contributed by atoms with E-state index in [0.29, 0.717) is 22.5 Å². The molecule has 0 N–H and O–H groups in total. The summed E-state index contributed by atoms with van der Waals surface area (Å²) in [6.07, 6.45) is -1.20. The molecule has 0 bridgehead atoms. The van der Waals surface area contributed by atoms with Crippen molar-refractivity contribution >= 4 is 11.6 Å². The molecule has 102 valence electrons. The van der Waals surface area contributed by atoms with Crippen molar-refractivity contribution in [2.24, 2.45) is 0 Å². The molecule has 1 aromatic carbocycles. The van der Waals surface area contributed by atoms with E-state index >= 15 is 0 Å². The molecule has 0 aliphatic rings. The van der Waals surface area contributed by atoms with Gasteiger partial charge in [0, 0.05) is 11.1 Å². The summed E-state index contributed by atoms with van der Waals surface area (Å²) >= 11 is 5.85. The Hall–Kier alpha value is -2.06. The summed E-state index contributed by atoms with van der Waals surface area (Å²) in [5.41, 5.74) is 1.73. The first-order valence-corrected chi connectivity index (χ1v) is 6.14. The van der Waals surface area contributed by atoms with Crippen molar-refractivity contribution in [1.29, 1.82) is 5.26 Å². The van der Waals surface area contributed by atoms with Crippen molar-refractivity contribution in [2.45, 2.75) is 20.3 Å². The number of halogens is 3. The highest BCUT2D eigenvalue weighted by Crippen LogP contribution is 2.30. The minimum atomic E-state index is -2.52. The van der Waals surface area contributed by atoms with Crippen molar-refractivity contribution < 1.29 is 8.78 Å². The summed E-state index contributed by atoms with van der Waals surface area (Å²) in [6, 6.07) is 5.04. The Balaban J connectivity index is 2.55. The maximum atomic E-state index is 12.9. The summed E-state index contributed by atoms with van der Waals surface area (Å²) in [5, 5.41) is 8.81. The average Bonchev–Trinajstić information content (AvgIpc) is 2.37. The third-order valence-electron chi connectivity index (χ3n) is 2.93. The zero-order valence-electron chi connectivity index (χ0n) is 10.8. The lowest BCUT2D eigenvalue weighted by atomic mass is 9.99. The van der Waals surface area contributed by atoms with Gasteiger partial charge in [-0.25, -0.2) is 18.7 Å². The Morgan fingerprint density at radius 2 is 1.85 bits per heavy atom. The Kier molecular flexibility index (Phi) is 3.96. The van der Waals surface area contributed by atoms with Crippen LogP contribution in [-0.4, -0.2) is 9.97 Å². The molecule has 0 radical (unpaired) electrons. The van der Waals surface area contributed by atoms with Crippen molar-refractivity contribution in [1.82, 2.24) is 9.97 Å². The van der Waals surface area contributed by atoms with Crippen LogP contribution in [0.1, 0.15) is 28.7 Å². The smallest absolute Gasteiger partial charge is 0.235 e. The van der Waals surface area contributed by atoms with E-state index in [1.54, 1.807) is 26.0 Å². The fourth-order valence-electron chi connectivity index (χ4n) is 2.02. The maximum Gasteiger partial charge on any atom is 0.264 e. The van der Waals surface area contributed by atoms with E-state index in [1.165, 1.54) is 6.20 Å². The van der Waals surface area contributed by atoms with Crippen LogP contribution in [0.5, 0.6) is 0 Å². The van der Waals surface area contributed by atoms with Crippen LogP contribution >= 0.6 is 11.6 Å². The van der Waals surface area contributed by atoms with Crippen LogP contribution in [-0.2, 0) is 0 Å². The Morgan fingerprint density at radius 3 is 2.30 bits per heavy atom. The largest absolute Gasteiger partial charge is 0.264 e. The second kappa shape index (κ2) is 5.51. The molecule has 6 heteroatoms. The molecule has 0 fully saturated rings. The normalized spacial score (nSPS) is 10.7. The van der Waals surface area contributed by atoms with Gasteiger partial charge in [0.1, 0.15) is 11.6 Å². The molecule has 0 aliphatic carbocycles. The second-order valence-electron chi connectivity index (χ2n) is 4.33. The van der Waals surface area contributed by atoms with Gasteiger partial charge in [-0.05, 0) is 37.1 Å². The highest BCUT2D eigenvalue weighted by molar-refractivity contribution is 6.30. The van der Waals surface area contributed by atoms with E-state index in [-0.39, 0.29) is 16.3 Å². The van der Waals surface area contributed by atoms with Crippen molar-refractivity contribution in [2.75, 3.05) is 0 Å². The Labute approximate surface area is 119 Å². The predicted molar refractivity (Wildman–Crippen MR) is 71.6 cm³/mol. The lowest BCUT2D eigenvalue weighted by molar-refractivity contribution is 0.150. The van der Waals surface area contributed by atoms with Gasteiger partial charge in [-0.15, -0.1) is 0 Å². The predicted octanol–water partition coefficient (Wildman–Crippen LogP) is 4.22. The molecule has 2 rings (SSSR count). The van der Waals surface area contributed by atoms with E-state index in [1.807, 2.05) is 6.07 Å². The zero-order valence-corrected chi connectivity index (χ0v) is 11.5. The summed E-state index contributed by atoms with van der Waals surface area (Å²) < 4.78 is 25.8. The molecule has 0 unspecified atom stereocenters. The van der Waals surface area contributed by atoms with Crippen molar-refractivity contribution in [3.63, 3.8) is 0 Å². The van der Waals surface area contributed by atoms with Gasteiger partial charge in [0.25, 0.3) is 6.43 Å². The highest BCUT2D eigenvalue weighted by atomic mass is 35.5. The van der Waals surface area contributed by atoms with Gasteiger partial charge in [0.2, 0.25) is 0 Å². The minimum absolute atomic E-state index is 0.0218. The first-order chi connectivity index (χ1) is 9.43. The molecule has 0 atom stereocenters. The van der Waals surface area contributed by atoms with E-state index in [2.05, 4.69) is 9.97 Å². The molecule has 2 aromatic rings. The number of alkyl halides is 2. The van der Waals surface area contributed by atoms with E-state index < -0.39 is 6.43 Å². The fourth-order valence-corrected chi connectivity index (χ4v) is 2.19. The van der Waals surface area contributed by atoms with Gasteiger partial charge in [-0.2, -0.15) is 5.26 Å². The van der Waals surface area contributed by atoms with E-state index in [9.17, 15) is 8.78 Å². The second-order valence-corrected chi connectivity index (χ2v) is 4.69. The summed E-state index contributed by atoms with van der Waals surface area (Å²) in [4.78, 5) is 8.05. The molecular formula is C14H10ClF2N3. The first kappa shape index (κ1) is 14.4. The Morgan fingerprint density at radius 1 is 1.25 bits per heavy atom. The van der Waals surface area contributed by atoms with E-state index in [4.69, 9.17) is 16.9 Å². The molecule has 0 aliphatic heterocycles. The van der Waals surface area contributed by atoms with Crippen LogP contribution < -0.4 is 0 Å². The third kappa shape index (κ3) is 2.61. The maximum absolute atomic E-state index is 12.9. The minimum Gasteiger partial charge on any atom is -0.235 e. The van der Waals surface area contributed by atoms with Gasteiger partial charge >= 0.3 is 0 Å². The number of hydrogen-bond donors (Lipinski definition) is 0. The standard InChI is InChI=1S/C14H10ClF2N3/c1-7-3-9(4-8(2)11(7)13(16)17)14-19-6-10(5-18)12(15)20-14/h3-4,6,13H,1-2H3. The van der Waals surface area contributed by atoms with Crippen LogP contribution in [0.3, 0.4) is 0 Å². The average molecular weight is 294 g/mol. The highest BCUT2D eigenvalue weighted by Gasteiger charge is 2.16. The number of hydrogen-bond acceptors (Lipinski definition) is 3. The molecule has 1 aromatic heterocycles. The zero-order chi connectivity index (χ0) is 14.9. The number of benzene rings is 1. The van der Waals surface area contributed by atoms with Crippen LogP contribution in [0.4, 0.5) is 8.78 Å². The van der Waals surface area contributed by atoms with Gasteiger partial charge in [-0.3, -0.25) is 0 Å². The van der Waals surface area contributed by atoms with Gasteiger partial charge in [0.05, 0.1) is 6.20 Å². The lowest BCUT2D eigenvalue weighted by Gasteiger charge is -2.11. The molecule has 0 saturated heterocycles. The van der Waals surface area contributed by atoms with Gasteiger partial charge in [-0.1, -0.05) is 11.6 Å². The van der Waals surface area contributed by atoms with Crippen LogP contribution in [0, 0.1) is 25.2 Å². The topological polar surface area (TPSA) is 49.6 Å². The van der Waals surface area contributed by atoms with Gasteiger partial charge in [0.15, 0.2) is 11.0 Å². The molecule has 0 amide bonds. The summed E-state index contributed by atoms with van der Waals surface area (Å²) in [7, 11) is 0. The molecule has 1 heterocycles. The number of nitrogens with zero attached hydrogens (tertiary/aromatic N) is 3. The quantitative estimate of drug-likeness (QED) is 0.779. The van der Waals surface area contributed by atoms with Crippen LogP contribution in [0.15, 0.2) is 18.3 Å². The van der Waals surface area contributed by atoms with E-state index in [0.717, 1.165) is 0 Å². The lowest BCUT2D eigenvalue weighted by Crippen LogP contribution is -1.98. The fraction of sp³-hybridized carbons (Fsp3) is 0.214. The molecular weight excluding hydrogens is 284 g/mol. The number of aryl methyl sites for hydroxylation is 2. The number of nitriles is 1. The third-order valence-corrected chi connectivity index (χ3v) is 3.22. The first-order valence-electron chi connectivity index (χ1n) is 5.76. The molecule has 0 saturated carbocycles. The molecule has 20 heavy (non-hydrogen) atoms. The van der Waals surface area contributed by atoms with Crippen molar-refractivity contribution in [3.05, 3.63) is 45.7 Å². The number of aromatic nitrogens is 2. The molecule has 3 nitrogen and oxygen atoms in total. The monoisotopic (exact) mass is 293 g/mol.